The molecule has 0 bridgehead atoms. The molecule has 1 aliphatic heterocycles. The Kier molecular flexibility index (Phi) is 3.76. The minimum absolute atomic E-state index is 0.0539. The summed E-state index contributed by atoms with van der Waals surface area (Å²) in [5, 5.41) is -3.31. The van der Waals surface area contributed by atoms with E-state index in [4.69, 9.17) is 16.3 Å². The molecule has 6 heteroatoms. The van der Waals surface area contributed by atoms with Crippen molar-refractivity contribution in [2.45, 2.75) is 29.2 Å². The molecule has 0 N–H and O–H groups in total. The van der Waals surface area contributed by atoms with Crippen molar-refractivity contribution >= 4 is 22.4 Å². The highest BCUT2D eigenvalue weighted by molar-refractivity contribution is 7.85. The van der Waals surface area contributed by atoms with Crippen LogP contribution in [-0.4, -0.2) is 27.6 Å². The van der Waals surface area contributed by atoms with Gasteiger partial charge in [-0.05, 0) is 30.7 Å². The highest BCUT2D eigenvalue weighted by Crippen LogP contribution is 2.41. The van der Waals surface area contributed by atoms with E-state index in [1.54, 1.807) is 12.1 Å². The summed E-state index contributed by atoms with van der Waals surface area (Å²) in [5.74, 6) is 0.0539. The molecule has 0 spiro atoms. The lowest BCUT2D eigenvalue weighted by Gasteiger charge is -2.15. The van der Waals surface area contributed by atoms with Gasteiger partial charge in [-0.25, -0.2) is 0 Å². The van der Waals surface area contributed by atoms with Gasteiger partial charge in [-0.2, -0.15) is 8.78 Å². The van der Waals surface area contributed by atoms with Crippen LogP contribution >= 0.6 is 11.6 Å². The normalized spacial score (nSPS) is 24.9. The number of ether oxygens (including phenoxy) is 1. The molecule has 1 aromatic carbocycles. The van der Waals surface area contributed by atoms with Crippen LogP contribution in [0.25, 0.3) is 0 Å². The highest BCUT2D eigenvalue weighted by Gasteiger charge is 2.52. The van der Waals surface area contributed by atoms with Crippen LogP contribution in [0.4, 0.5) is 8.78 Å². The molecular weight excluding hydrogens is 282 g/mol. The van der Waals surface area contributed by atoms with Crippen LogP contribution < -0.4 is 0 Å². The fourth-order valence-corrected chi connectivity index (χ4v) is 3.31. The first-order valence-corrected chi connectivity index (χ1v) is 7.15. The maximum Gasteiger partial charge on any atom is 0.324 e. The van der Waals surface area contributed by atoms with Crippen molar-refractivity contribution in [2.24, 2.45) is 0 Å². The van der Waals surface area contributed by atoms with E-state index < -0.39 is 28.2 Å². The maximum absolute atomic E-state index is 12.8. The molecule has 0 aromatic heterocycles. The number of hydrogen-bond acceptors (Lipinski definition) is 2. The lowest BCUT2D eigenvalue weighted by molar-refractivity contribution is 0.0597. The molecule has 2 rings (SSSR count). The third kappa shape index (κ3) is 3.73. The summed E-state index contributed by atoms with van der Waals surface area (Å²) in [6.45, 7) is 2.11. The predicted octanol–water partition coefficient (Wildman–Crippen LogP) is 3.09. The summed E-state index contributed by atoms with van der Waals surface area (Å²) in [4.78, 5) is 0.619. The van der Waals surface area contributed by atoms with E-state index in [9.17, 15) is 13.0 Å². The Morgan fingerprint density at radius 3 is 2.44 bits per heavy atom. The molecule has 1 aliphatic rings. The monoisotopic (exact) mass is 294 g/mol. The van der Waals surface area contributed by atoms with Gasteiger partial charge < -0.3 is 4.74 Å². The number of halogens is 3. The fraction of sp³-hybridized carbons (Fsp3) is 0.500. The lowest BCUT2D eigenvalue weighted by Crippen LogP contribution is -2.27. The summed E-state index contributed by atoms with van der Waals surface area (Å²) in [5.41, 5.74) is 0.0292. The smallest absolute Gasteiger partial charge is 0.324 e. The predicted molar refractivity (Wildman–Crippen MR) is 66.6 cm³/mol. The van der Waals surface area contributed by atoms with E-state index in [-0.39, 0.29) is 12.4 Å². The number of alkyl halides is 3. The van der Waals surface area contributed by atoms with E-state index >= 15 is 0 Å². The maximum atomic E-state index is 12.8. The summed E-state index contributed by atoms with van der Waals surface area (Å²) >= 11 is 4.90. The van der Waals surface area contributed by atoms with Crippen LogP contribution in [0.5, 0.6) is 0 Å². The Hall–Kier alpha value is -0.520. The van der Waals surface area contributed by atoms with Crippen molar-refractivity contribution in [1.82, 2.24) is 0 Å². The molecule has 1 saturated heterocycles. The lowest BCUT2D eigenvalue weighted by atomic mass is 10.1. The summed E-state index contributed by atoms with van der Waals surface area (Å²) in [6.07, 6.45) is -0.598. The quantitative estimate of drug-likeness (QED) is 0.617. The summed E-state index contributed by atoms with van der Waals surface area (Å²) < 4.78 is 42.6. The second-order valence-electron chi connectivity index (χ2n) is 4.57. The Balaban J connectivity index is 2.01. The second-order valence-corrected chi connectivity index (χ2v) is 6.57. The zero-order valence-corrected chi connectivity index (χ0v) is 11.4. The molecule has 1 fully saturated rings. The van der Waals surface area contributed by atoms with Crippen molar-refractivity contribution in [3.63, 3.8) is 0 Å². The summed E-state index contributed by atoms with van der Waals surface area (Å²) in [7, 11) is -1.35. The number of rotatable bonds is 5. The molecular formula is C12H13ClF2O2S. The minimum atomic E-state index is -3.31. The third-order valence-electron chi connectivity index (χ3n) is 2.75. The number of epoxide rings is 1. The topological polar surface area (TPSA) is 29.6 Å². The van der Waals surface area contributed by atoms with E-state index in [0.29, 0.717) is 4.90 Å². The molecule has 1 heterocycles. The molecule has 18 heavy (non-hydrogen) atoms. The van der Waals surface area contributed by atoms with Crippen LogP contribution in [0.2, 0.25) is 0 Å². The fourth-order valence-electron chi connectivity index (χ4n) is 1.72. The van der Waals surface area contributed by atoms with Crippen molar-refractivity contribution in [1.29, 1.82) is 0 Å². The number of benzene rings is 1. The van der Waals surface area contributed by atoms with Gasteiger partial charge in [0.25, 0.3) is 0 Å². The Bertz CT molecular complexity index is 452. The van der Waals surface area contributed by atoms with E-state index in [0.717, 1.165) is 5.56 Å². The molecule has 0 amide bonds. The van der Waals surface area contributed by atoms with Crippen LogP contribution in [-0.2, 0) is 15.5 Å². The van der Waals surface area contributed by atoms with Crippen LogP contribution in [0.3, 0.4) is 0 Å². The van der Waals surface area contributed by atoms with Gasteiger partial charge in [0.2, 0.25) is 0 Å². The highest BCUT2D eigenvalue weighted by atomic mass is 35.5. The van der Waals surface area contributed by atoms with Crippen molar-refractivity contribution < 1.29 is 17.7 Å². The van der Waals surface area contributed by atoms with Crippen LogP contribution in [0.1, 0.15) is 12.0 Å². The van der Waals surface area contributed by atoms with Gasteiger partial charge in [0, 0.05) is 4.90 Å². The zero-order chi connectivity index (χ0) is 13.4. The van der Waals surface area contributed by atoms with Gasteiger partial charge in [0.15, 0.2) is 0 Å². The largest absolute Gasteiger partial charge is 0.368 e. The summed E-state index contributed by atoms with van der Waals surface area (Å²) in [6, 6.07) is 7.15. The number of aryl methyl sites for hydroxylation is 1. The average molecular weight is 295 g/mol. The average Bonchev–Trinajstić information content (AvgIpc) is 2.95. The SMILES string of the molecule is Cc1ccc([S@](=O)C[C@@]2(CC(F)(F)Cl)CO2)cc1. The van der Waals surface area contributed by atoms with Crippen molar-refractivity contribution in [3.8, 4) is 0 Å². The molecule has 2 nitrogen and oxygen atoms in total. The van der Waals surface area contributed by atoms with Gasteiger partial charge >= 0.3 is 5.38 Å². The van der Waals surface area contributed by atoms with E-state index in [1.807, 2.05) is 19.1 Å². The molecule has 1 aromatic rings. The van der Waals surface area contributed by atoms with Crippen LogP contribution in [0, 0.1) is 6.92 Å². The first-order valence-electron chi connectivity index (χ1n) is 5.45. The van der Waals surface area contributed by atoms with Gasteiger partial charge in [-0.1, -0.05) is 17.7 Å². The molecule has 2 atom stereocenters. The van der Waals surface area contributed by atoms with Crippen molar-refractivity contribution in [2.75, 3.05) is 12.4 Å². The Morgan fingerprint density at radius 2 is 2.00 bits per heavy atom. The van der Waals surface area contributed by atoms with Gasteiger partial charge in [-0.3, -0.25) is 4.21 Å². The Labute approximate surface area is 112 Å². The minimum Gasteiger partial charge on any atom is -0.368 e. The van der Waals surface area contributed by atoms with Crippen LogP contribution in [0.15, 0.2) is 29.2 Å². The first kappa shape index (κ1) is 13.9. The standard InChI is InChI=1S/C12H13ClF2O2S/c1-9-2-4-10(5-3-9)18(16)8-11(7-17-11)6-12(13,14)15/h2-5H,6-8H2,1H3/t11-,18-/m1/s1. The molecule has 0 radical (unpaired) electrons. The van der Waals surface area contributed by atoms with Gasteiger partial charge in [0.05, 0.1) is 29.6 Å². The molecule has 100 valence electrons. The van der Waals surface area contributed by atoms with E-state index in [2.05, 4.69) is 0 Å². The second kappa shape index (κ2) is 4.87. The zero-order valence-electron chi connectivity index (χ0n) is 9.79. The molecule has 0 unspecified atom stereocenters. The Morgan fingerprint density at radius 1 is 1.44 bits per heavy atom. The van der Waals surface area contributed by atoms with Gasteiger partial charge in [-0.15, -0.1) is 0 Å². The first-order chi connectivity index (χ1) is 8.30. The van der Waals surface area contributed by atoms with Crippen molar-refractivity contribution in [3.05, 3.63) is 29.8 Å². The van der Waals surface area contributed by atoms with E-state index in [1.165, 1.54) is 0 Å². The molecule has 0 saturated carbocycles. The molecule has 0 aliphatic carbocycles. The number of hydrogen-bond donors (Lipinski definition) is 0. The van der Waals surface area contributed by atoms with Gasteiger partial charge in [0.1, 0.15) is 5.60 Å². The third-order valence-corrected chi connectivity index (χ3v) is 4.47.